The first-order valence-electron chi connectivity index (χ1n) is 11.6. The Hall–Kier alpha value is -2.13. The largest absolute Gasteiger partial charge is 0.416 e. The average Bonchev–Trinajstić information content (AvgIpc) is 3.42. The third-order valence-corrected chi connectivity index (χ3v) is 7.60. The van der Waals surface area contributed by atoms with Gasteiger partial charge in [0.25, 0.3) is 5.91 Å². The number of amides is 2. The Kier molecular flexibility index (Phi) is 6.73. The monoisotopic (exact) mass is 467 g/mol. The molecule has 2 heterocycles. The summed E-state index contributed by atoms with van der Waals surface area (Å²) >= 11 is 0. The number of carbonyl (C=O) groups is 2. The van der Waals surface area contributed by atoms with Crippen LogP contribution < -0.4 is 5.32 Å². The van der Waals surface area contributed by atoms with Crippen molar-refractivity contribution in [1.82, 2.24) is 15.1 Å². The molecule has 3 fully saturated rings. The Morgan fingerprint density at radius 2 is 2.03 bits per heavy atom. The third-order valence-electron chi connectivity index (χ3n) is 7.60. The number of nitrogens with zero attached hydrogens (tertiary/aromatic N) is 2. The first kappa shape index (κ1) is 24.0. The molecule has 2 saturated heterocycles. The molecule has 1 unspecified atom stereocenters. The van der Waals surface area contributed by atoms with Gasteiger partial charge in [-0.3, -0.25) is 9.59 Å². The van der Waals surface area contributed by atoms with Crippen LogP contribution in [0.15, 0.2) is 24.3 Å². The van der Waals surface area contributed by atoms with E-state index >= 15 is 0 Å². The Labute approximate surface area is 192 Å². The number of fused-ring (bicyclic) bond motifs is 1. The van der Waals surface area contributed by atoms with Crippen molar-refractivity contribution in [3.05, 3.63) is 35.4 Å². The number of hydrogen-bond donors (Lipinski definition) is 1. The van der Waals surface area contributed by atoms with Crippen LogP contribution >= 0.6 is 0 Å². The van der Waals surface area contributed by atoms with Crippen molar-refractivity contribution >= 4 is 11.8 Å². The quantitative estimate of drug-likeness (QED) is 0.699. The fourth-order valence-electron chi connectivity index (χ4n) is 5.89. The second-order valence-corrected chi connectivity index (χ2v) is 9.82. The molecule has 0 spiro atoms. The van der Waals surface area contributed by atoms with E-state index in [-0.39, 0.29) is 23.4 Å². The van der Waals surface area contributed by atoms with E-state index in [4.69, 9.17) is 4.74 Å². The zero-order chi connectivity index (χ0) is 23.9. The molecule has 4 rings (SSSR count). The molecule has 5 atom stereocenters. The van der Waals surface area contributed by atoms with Crippen LogP contribution in [0, 0.1) is 17.8 Å². The van der Waals surface area contributed by atoms with E-state index < -0.39 is 23.7 Å². The summed E-state index contributed by atoms with van der Waals surface area (Å²) < 4.78 is 44.5. The predicted molar refractivity (Wildman–Crippen MR) is 116 cm³/mol. The number of benzene rings is 1. The minimum Gasteiger partial charge on any atom is -0.384 e. The summed E-state index contributed by atoms with van der Waals surface area (Å²) in [7, 11) is 1.68. The number of ether oxygens (including phenoxy) is 1. The molecule has 1 saturated carbocycles. The number of hydrogen-bond acceptors (Lipinski definition) is 4. The zero-order valence-electron chi connectivity index (χ0n) is 19.3. The number of rotatable bonds is 6. The molecule has 0 aromatic heterocycles. The van der Waals surface area contributed by atoms with Crippen LogP contribution in [0.2, 0.25) is 0 Å². The molecule has 2 amide bonds. The van der Waals surface area contributed by atoms with Crippen LogP contribution in [-0.4, -0.2) is 73.1 Å². The molecule has 1 aliphatic carbocycles. The van der Waals surface area contributed by atoms with Gasteiger partial charge >= 0.3 is 6.18 Å². The van der Waals surface area contributed by atoms with Gasteiger partial charge in [0, 0.05) is 50.3 Å². The number of likely N-dealkylation sites (tertiary alicyclic amines) is 2. The molecule has 1 aromatic rings. The molecule has 1 aromatic carbocycles. The van der Waals surface area contributed by atoms with Gasteiger partial charge in [-0.05, 0) is 56.7 Å². The van der Waals surface area contributed by atoms with E-state index in [1.165, 1.54) is 12.1 Å². The maximum Gasteiger partial charge on any atom is 0.416 e. The van der Waals surface area contributed by atoms with Crippen LogP contribution in [0.5, 0.6) is 0 Å². The lowest BCUT2D eigenvalue weighted by Gasteiger charge is -2.33. The Morgan fingerprint density at radius 1 is 1.27 bits per heavy atom. The zero-order valence-corrected chi connectivity index (χ0v) is 19.3. The molecule has 0 bridgehead atoms. The number of halogens is 3. The van der Waals surface area contributed by atoms with Crippen molar-refractivity contribution in [1.29, 1.82) is 0 Å². The first-order chi connectivity index (χ1) is 15.6. The SMILES string of the molecule is COC[C@@H]1[C@@H]2CN(C(C)C)C[C@@H]2C[C@@H]1N1CCC(NC(=O)c2cccc(C(F)(F)F)c2)C1=O. The highest BCUT2D eigenvalue weighted by Gasteiger charge is 2.52. The number of alkyl halides is 3. The van der Waals surface area contributed by atoms with Crippen molar-refractivity contribution in [3.63, 3.8) is 0 Å². The van der Waals surface area contributed by atoms with Crippen LogP contribution in [-0.2, 0) is 15.7 Å². The molecule has 3 aliphatic rings. The van der Waals surface area contributed by atoms with Crippen molar-refractivity contribution < 1.29 is 27.5 Å². The topological polar surface area (TPSA) is 61.9 Å². The van der Waals surface area contributed by atoms with E-state index in [1.54, 1.807) is 7.11 Å². The van der Waals surface area contributed by atoms with Gasteiger partial charge in [-0.25, -0.2) is 0 Å². The van der Waals surface area contributed by atoms with E-state index in [0.717, 1.165) is 31.6 Å². The van der Waals surface area contributed by atoms with Gasteiger partial charge in [0.15, 0.2) is 0 Å². The molecule has 2 aliphatic heterocycles. The van der Waals surface area contributed by atoms with E-state index in [2.05, 4.69) is 24.1 Å². The maximum atomic E-state index is 13.2. The van der Waals surface area contributed by atoms with Gasteiger partial charge in [0.1, 0.15) is 6.04 Å². The molecular formula is C24H32F3N3O3. The summed E-state index contributed by atoms with van der Waals surface area (Å²) in [6, 6.07) is 4.11. The Morgan fingerprint density at radius 3 is 2.70 bits per heavy atom. The molecule has 182 valence electrons. The van der Waals surface area contributed by atoms with Crippen molar-refractivity contribution in [3.8, 4) is 0 Å². The lowest BCUT2D eigenvalue weighted by atomic mass is 9.91. The number of methoxy groups -OCH3 is 1. The second kappa shape index (κ2) is 9.25. The highest BCUT2D eigenvalue weighted by Crippen LogP contribution is 2.46. The highest BCUT2D eigenvalue weighted by atomic mass is 19.4. The van der Waals surface area contributed by atoms with Gasteiger partial charge in [0.2, 0.25) is 5.91 Å². The third kappa shape index (κ3) is 4.75. The molecule has 33 heavy (non-hydrogen) atoms. The van der Waals surface area contributed by atoms with Crippen molar-refractivity contribution in [2.45, 2.75) is 51.0 Å². The van der Waals surface area contributed by atoms with Crippen LogP contribution in [0.3, 0.4) is 0 Å². The van der Waals surface area contributed by atoms with Gasteiger partial charge < -0.3 is 19.9 Å². The number of carbonyl (C=O) groups excluding carboxylic acids is 2. The normalized spacial score (nSPS) is 30.3. The van der Waals surface area contributed by atoms with Gasteiger partial charge in [-0.2, -0.15) is 13.2 Å². The van der Waals surface area contributed by atoms with Crippen LogP contribution in [0.25, 0.3) is 0 Å². The smallest absolute Gasteiger partial charge is 0.384 e. The summed E-state index contributed by atoms with van der Waals surface area (Å²) in [5.74, 6) is 0.423. The lowest BCUT2D eigenvalue weighted by Crippen LogP contribution is -2.47. The molecule has 9 heteroatoms. The van der Waals surface area contributed by atoms with E-state index in [9.17, 15) is 22.8 Å². The fraction of sp³-hybridized carbons (Fsp3) is 0.667. The highest BCUT2D eigenvalue weighted by molar-refractivity contribution is 5.98. The van der Waals surface area contributed by atoms with E-state index in [1.807, 2.05) is 4.90 Å². The van der Waals surface area contributed by atoms with Gasteiger partial charge in [-0.15, -0.1) is 0 Å². The Bertz CT molecular complexity index is 891. The summed E-state index contributed by atoms with van der Waals surface area (Å²) in [4.78, 5) is 30.2. The summed E-state index contributed by atoms with van der Waals surface area (Å²) in [5, 5.41) is 2.66. The summed E-state index contributed by atoms with van der Waals surface area (Å²) in [6.45, 7) is 7.55. The predicted octanol–water partition coefficient (Wildman–Crippen LogP) is 3.03. The first-order valence-corrected chi connectivity index (χ1v) is 11.6. The summed E-state index contributed by atoms with van der Waals surface area (Å²) in [6.07, 6.45) is -3.16. The van der Waals surface area contributed by atoms with Gasteiger partial charge in [-0.1, -0.05) is 6.07 Å². The number of nitrogens with one attached hydrogen (secondary N) is 1. The standard InChI is InChI=1S/C24H32F3N3O3/c1-14(2)29-11-16-10-21(19(13-33-3)18(16)12-29)30-8-7-20(23(30)32)28-22(31)15-5-4-6-17(9-15)24(25,26)27/h4-6,9,14,16,18-21H,7-8,10-13H2,1-3H3,(H,28,31)/t16-,18+,19+,20?,21-/m0/s1. The van der Waals surface area contributed by atoms with Crippen LogP contribution in [0.1, 0.15) is 42.6 Å². The lowest BCUT2D eigenvalue weighted by molar-refractivity contribution is -0.137. The minimum absolute atomic E-state index is 0.0669. The molecular weight excluding hydrogens is 435 g/mol. The van der Waals surface area contributed by atoms with Crippen LogP contribution in [0.4, 0.5) is 13.2 Å². The fourth-order valence-corrected chi connectivity index (χ4v) is 5.89. The minimum atomic E-state index is -4.53. The average molecular weight is 468 g/mol. The Balaban J connectivity index is 1.42. The van der Waals surface area contributed by atoms with E-state index in [0.29, 0.717) is 37.5 Å². The van der Waals surface area contributed by atoms with Gasteiger partial charge in [0.05, 0.1) is 12.2 Å². The molecule has 6 nitrogen and oxygen atoms in total. The molecule has 0 radical (unpaired) electrons. The molecule has 1 N–H and O–H groups in total. The summed E-state index contributed by atoms with van der Waals surface area (Å²) in [5.41, 5.74) is -0.984. The van der Waals surface area contributed by atoms with Crippen molar-refractivity contribution in [2.24, 2.45) is 17.8 Å². The maximum absolute atomic E-state index is 13.2. The second-order valence-electron chi connectivity index (χ2n) is 9.82. The van der Waals surface area contributed by atoms with Crippen molar-refractivity contribution in [2.75, 3.05) is 33.4 Å².